The summed E-state index contributed by atoms with van der Waals surface area (Å²) in [6.45, 7) is 3.08. The average molecular weight is 398 g/mol. The molecule has 3 aromatic rings. The first-order valence-corrected chi connectivity index (χ1v) is 10.0. The Labute approximate surface area is 166 Å². The second-order valence-corrected chi connectivity index (χ2v) is 7.22. The molecular weight excluding hydrogens is 376 g/mol. The van der Waals surface area contributed by atoms with E-state index in [1.165, 1.54) is 11.3 Å². The van der Waals surface area contributed by atoms with Crippen molar-refractivity contribution >= 4 is 34.1 Å². The molecule has 1 aromatic carbocycles. The van der Waals surface area contributed by atoms with E-state index < -0.39 is 0 Å². The maximum Gasteiger partial charge on any atom is 0.261 e. The molecule has 0 aliphatic heterocycles. The van der Waals surface area contributed by atoms with Crippen molar-refractivity contribution in [2.45, 2.75) is 26.3 Å². The number of carbonyl (C=O) groups is 2. The van der Waals surface area contributed by atoms with Crippen molar-refractivity contribution < 1.29 is 9.59 Å². The molecule has 146 valence electrons. The number of benzene rings is 1. The zero-order valence-corrected chi connectivity index (χ0v) is 16.4. The molecule has 0 aliphatic rings. The highest BCUT2D eigenvalue weighted by atomic mass is 32.1. The third kappa shape index (κ3) is 4.83. The van der Waals surface area contributed by atoms with Gasteiger partial charge in [0.1, 0.15) is 5.82 Å². The van der Waals surface area contributed by atoms with Gasteiger partial charge >= 0.3 is 0 Å². The molecule has 0 radical (unpaired) electrons. The molecule has 0 spiro atoms. The van der Waals surface area contributed by atoms with Crippen molar-refractivity contribution in [3.05, 3.63) is 62.8 Å². The summed E-state index contributed by atoms with van der Waals surface area (Å²) in [5.74, 6) is 0.307. The minimum absolute atomic E-state index is 0.0383. The highest BCUT2D eigenvalue weighted by Crippen LogP contribution is 2.09. The van der Waals surface area contributed by atoms with Gasteiger partial charge < -0.3 is 15.2 Å². The number of carbonyl (C=O) groups excluding carboxylic acids is 2. The number of hydrogen-bond acceptors (Lipinski definition) is 5. The fourth-order valence-corrected chi connectivity index (χ4v) is 3.50. The Kier molecular flexibility index (Phi) is 6.54. The Morgan fingerprint density at radius 3 is 2.79 bits per heavy atom. The lowest BCUT2D eigenvalue weighted by Crippen LogP contribution is -2.32. The lowest BCUT2D eigenvalue weighted by molar-refractivity contribution is -0.131. The lowest BCUT2D eigenvalue weighted by atomic mass is 10.2. The minimum atomic E-state index is -0.208. The van der Waals surface area contributed by atoms with E-state index in [1.807, 2.05) is 24.4 Å². The highest BCUT2D eigenvalue weighted by molar-refractivity contribution is 7.12. The van der Waals surface area contributed by atoms with E-state index in [0.717, 1.165) is 0 Å². The number of nitrogens with zero attached hydrogens (tertiary/aromatic N) is 2. The number of thiophene rings is 1. The normalized spacial score (nSPS) is 10.8. The van der Waals surface area contributed by atoms with Gasteiger partial charge in [0.2, 0.25) is 5.91 Å². The van der Waals surface area contributed by atoms with Crippen molar-refractivity contribution in [2.24, 2.45) is 0 Å². The van der Waals surface area contributed by atoms with Gasteiger partial charge in [-0.25, -0.2) is 4.98 Å². The summed E-state index contributed by atoms with van der Waals surface area (Å²) in [4.78, 5) is 46.1. The summed E-state index contributed by atoms with van der Waals surface area (Å²) in [6.07, 6.45) is 0.866. The summed E-state index contributed by atoms with van der Waals surface area (Å²) >= 11 is 1.38. The molecule has 7 nitrogen and oxygen atoms in total. The summed E-state index contributed by atoms with van der Waals surface area (Å²) in [5, 5.41) is 5.20. The molecule has 0 fully saturated rings. The van der Waals surface area contributed by atoms with E-state index in [4.69, 9.17) is 0 Å². The van der Waals surface area contributed by atoms with Crippen LogP contribution >= 0.6 is 11.3 Å². The number of para-hydroxylation sites is 1. The third-order valence-electron chi connectivity index (χ3n) is 4.33. The van der Waals surface area contributed by atoms with Crippen molar-refractivity contribution in [2.75, 3.05) is 13.1 Å². The minimum Gasteiger partial charge on any atom is -0.351 e. The Hall–Kier alpha value is -3.00. The van der Waals surface area contributed by atoms with Gasteiger partial charge in [-0.3, -0.25) is 14.4 Å². The summed E-state index contributed by atoms with van der Waals surface area (Å²) in [5.41, 5.74) is 0.404. The first kappa shape index (κ1) is 19.8. The molecule has 8 heteroatoms. The van der Waals surface area contributed by atoms with Crippen molar-refractivity contribution in [3.8, 4) is 0 Å². The molecule has 3 rings (SSSR count). The van der Waals surface area contributed by atoms with E-state index in [-0.39, 0.29) is 23.9 Å². The second-order valence-electron chi connectivity index (χ2n) is 6.27. The quantitative estimate of drug-likeness (QED) is 0.570. The third-order valence-corrected chi connectivity index (χ3v) is 5.20. The van der Waals surface area contributed by atoms with Gasteiger partial charge in [0.25, 0.3) is 11.5 Å². The number of nitrogens with one attached hydrogen (secondary N) is 2. The van der Waals surface area contributed by atoms with Crippen molar-refractivity contribution in [3.63, 3.8) is 0 Å². The van der Waals surface area contributed by atoms with Gasteiger partial charge in [0.15, 0.2) is 0 Å². The Morgan fingerprint density at radius 1 is 1.21 bits per heavy atom. The molecule has 0 bridgehead atoms. The van der Waals surface area contributed by atoms with E-state index in [2.05, 4.69) is 15.3 Å². The number of hydrogen-bond donors (Lipinski definition) is 2. The van der Waals surface area contributed by atoms with Crippen LogP contribution in [-0.2, 0) is 11.3 Å². The smallest absolute Gasteiger partial charge is 0.261 e. The van der Waals surface area contributed by atoms with E-state index in [1.54, 1.807) is 29.2 Å². The monoisotopic (exact) mass is 398 g/mol. The van der Waals surface area contributed by atoms with Crippen LogP contribution in [0.3, 0.4) is 0 Å². The zero-order valence-electron chi connectivity index (χ0n) is 15.6. The number of amides is 2. The van der Waals surface area contributed by atoms with Gasteiger partial charge in [-0.15, -0.1) is 11.3 Å². The fraction of sp³-hybridized carbons (Fsp3) is 0.300. The Bertz CT molecular complexity index is 1010. The van der Waals surface area contributed by atoms with Crippen LogP contribution in [0.5, 0.6) is 0 Å². The second kappa shape index (κ2) is 9.27. The number of aromatic nitrogens is 2. The maximum atomic E-state index is 12.5. The molecule has 2 N–H and O–H groups in total. The molecule has 0 saturated heterocycles. The molecule has 28 heavy (non-hydrogen) atoms. The van der Waals surface area contributed by atoms with Crippen LogP contribution in [0.25, 0.3) is 10.9 Å². The lowest BCUT2D eigenvalue weighted by Gasteiger charge is -2.20. The zero-order chi connectivity index (χ0) is 19.9. The standard InChI is InChI=1S/C20H22N4O3S/c1-2-24(13-17-22-15-8-4-3-7-14(15)19(26)23-17)18(25)10-5-11-21-20(27)16-9-6-12-28-16/h3-4,6-9,12H,2,5,10-11,13H2,1H3,(H,21,27)(H,22,23,26). The van der Waals surface area contributed by atoms with Gasteiger partial charge in [-0.2, -0.15) is 0 Å². The summed E-state index contributed by atoms with van der Waals surface area (Å²) in [7, 11) is 0. The molecule has 2 heterocycles. The first-order chi connectivity index (χ1) is 13.6. The van der Waals surface area contributed by atoms with Gasteiger partial charge in [0.05, 0.1) is 22.3 Å². The summed E-state index contributed by atoms with van der Waals surface area (Å²) in [6, 6.07) is 10.7. The van der Waals surface area contributed by atoms with Crippen LogP contribution in [0.15, 0.2) is 46.6 Å². The van der Waals surface area contributed by atoms with Gasteiger partial charge in [-0.05, 0) is 36.9 Å². The van der Waals surface area contributed by atoms with Crippen LogP contribution in [0.1, 0.15) is 35.3 Å². The van der Waals surface area contributed by atoms with Gasteiger partial charge in [-0.1, -0.05) is 18.2 Å². The van der Waals surface area contributed by atoms with Crippen molar-refractivity contribution in [1.82, 2.24) is 20.2 Å². The Balaban J connectivity index is 1.53. The van der Waals surface area contributed by atoms with Crippen LogP contribution in [0, 0.1) is 0 Å². The molecule has 0 unspecified atom stereocenters. The molecule has 0 saturated carbocycles. The highest BCUT2D eigenvalue weighted by Gasteiger charge is 2.14. The van der Waals surface area contributed by atoms with E-state index in [0.29, 0.717) is 47.5 Å². The molecule has 0 aliphatic carbocycles. The predicted molar refractivity (Wildman–Crippen MR) is 109 cm³/mol. The van der Waals surface area contributed by atoms with Gasteiger partial charge in [0, 0.05) is 19.5 Å². The molecular formula is C20H22N4O3S. The number of fused-ring (bicyclic) bond motifs is 1. The fourth-order valence-electron chi connectivity index (χ4n) is 2.86. The van der Waals surface area contributed by atoms with Crippen LogP contribution < -0.4 is 10.9 Å². The maximum absolute atomic E-state index is 12.5. The number of aromatic amines is 1. The van der Waals surface area contributed by atoms with Crippen LogP contribution in [0.4, 0.5) is 0 Å². The molecule has 2 amide bonds. The van der Waals surface area contributed by atoms with Crippen LogP contribution in [-0.4, -0.2) is 39.8 Å². The summed E-state index contributed by atoms with van der Waals surface area (Å²) < 4.78 is 0. The average Bonchev–Trinajstić information content (AvgIpc) is 3.24. The number of H-pyrrole nitrogens is 1. The Morgan fingerprint density at radius 2 is 2.04 bits per heavy atom. The van der Waals surface area contributed by atoms with Crippen LogP contribution in [0.2, 0.25) is 0 Å². The molecule has 2 aromatic heterocycles. The number of rotatable bonds is 8. The first-order valence-electron chi connectivity index (χ1n) is 9.16. The van der Waals surface area contributed by atoms with E-state index >= 15 is 0 Å². The van der Waals surface area contributed by atoms with E-state index in [9.17, 15) is 14.4 Å². The SMILES string of the molecule is CCN(Cc1nc2ccccc2c(=O)[nH]1)C(=O)CCCNC(=O)c1cccs1. The van der Waals surface area contributed by atoms with Crippen molar-refractivity contribution in [1.29, 1.82) is 0 Å². The topological polar surface area (TPSA) is 95.2 Å². The predicted octanol–water partition coefficient (Wildman–Crippen LogP) is 2.54. The largest absolute Gasteiger partial charge is 0.351 e. The molecule has 0 atom stereocenters.